The minimum absolute atomic E-state index is 0.0765. The summed E-state index contributed by atoms with van der Waals surface area (Å²) < 4.78 is 15.6. The van der Waals surface area contributed by atoms with Gasteiger partial charge in [-0.25, -0.2) is 4.79 Å². The molecule has 0 unspecified atom stereocenters. The summed E-state index contributed by atoms with van der Waals surface area (Å²) in [5.41, 5.74) is 0.583. The first-order valence-corrected chi connectivity index (χ1v) is 8.79. The van der Waals surface area contributed by atoms with E-state index in [1.807, 2.05) is 6.92 Å². The number of ether oxygens (including phenoxy) is 3. The van der Waals surface area contributed by atoms with Gasteiger partial charge in [0, 0.05) is 24.3 Å². The molecular weight excluding hydrogens is 394 g/mol. The smallest absolute Gasteiger partial charge is 0.338 e. The highest BCUT2D eigenvalue weighted by molar-refractivity contribution is 5.96. The second-order valence-electron chi connectivity index (χ2n) is 5.89. The highest BCUT2D eigenvalue weighted by Gasteiger charge is 2.16. The van der Waals surface area contributed by atoms with Crippen molar-refractivity contribution in [3.8, 4) is 11.8 Å². The van der Waals surface area contributed by atoms with E-state index in [9.17, 15) is 19.7 Å². The molecule has 2 aromatic carbocycles. The molecule has 1 amide bonds. The number of nitro groups is 1. The number of carbonyl (C=O) groups excluding carboxylic acids is 2. The highest BCUT2D eigenvalue weighted by atomic mass is 16.6. The maximum absolute atomic E-state index is 12.3. The number of hydrogen-bond acceptors (Lipinski definition) is 8. The predicted octanol–water partition coefficient (Wildman–Crippen LogP) is 2.81. The standard InChI is InChI=1S/C20H19N3O7/c1-3-29-11-15-8-13(4-7-18(15)28-2)20(25)30-12-19(24)22-17-6-5-16(23(26)27)9-14(17)10-21/h4-9H,3,11-12H2,1-2H3,(H,22,24). The summed E-state index contributed by atoms with van der Waals surface area (Å²) in [4.78, 5) is 34.5. The largest absolute Gasteiger partial charge is 0.496 e. The summed E-state index contributed by atoms with van der Waals surface area (Å²) in [6, 6.07) is 9.85. The van der Waals surface area contributed by atoms with E-state index >= 15 is 0 Å². The summed E-state index contributed by atoms with van der Waals surface area (Å²) in [5, 5.41) is 22.3. The minimum atomic E-state index is -0.727. The van der Waals surface area contributed by atoms with Gasteiger partial charge in [-0.3, -0.25) is 14.9 Å². The van der Waals surface area contributed by atoms with Crippen LogP contribution in [0.3, 0.4) is 0 Å². The first kappa shape index (κ1) is 22.3. The van der Waals surface area contributed by atoms with Crippen LogP contribution in [0.1, 0.15) is 28.4 Å². The zero-order valence-corrected chi connectivity index (χ0v) is 16.3. The summed E-state index contributed by atoms with van der Waals surface area (Å²) in [7, 11) is 1.50. The molecule has 30 heavy (non-hydrogen) atoms. The fourth-order valence-corrected chi connectivity index (χ4v) is 2.48. The Labute approximate surface area is 172 Å². The minimum Gasteiger partial charge on any atom is -0.496 e. The molecule has 0 spiro atoms. The van der Waals surface area contributed by atoms with Crippen LogP contribution < -0.4 is 10.1 Å². The molecule has 10 heteroatoms. The van der Waals surface area contributed by atoms with Crippen LogP contribution in [0.25, 0.3) is 0 Å². The molecule has 0 aliphatic heterocycles. The van der Waals surface area contributed by atoms with Crippen molar-refractivity contribution in [3.05, 3.63) is 63.2 Å². The highest BCUT2D eigenvalue weighted by Crippen LogP contribution is 2.22. The van der Waals surface area contributed by atoms with Gasteiger partial charge in [0.05, 0.1) is 35.5 Å². The van der Waals surface area contributed by atoms with Gasteiger partial charge in [-0.15, -0.1) is 0 Å². The van der Waals surface area contributed by atoms with Crippen molar-refractivity contribution in [2.75, 3.05) is 25.6 Å². The SMILES string of the molecule is CCOCc1cc(C(=O)OCC(=O)Nc2ccc([N+](=O)[O-])cc2C#N)ccc1OC. The Balaban J connectivity index is 2.02. The fraction of sp³-hybridized carbons (Fsp3) is 0.250. The lowest BCUT2D eigenvalue weighted by Gasteiger charge is -2.11. The van der Waals surface area contributed by atoms with E-state index in [1.165, 1.54) is 19.2 Å². The summed E-state index contributed by atoms with van der Waals surface area (Å²) >= 11 is 0. The number of nitriles is 1. The third-order valence-corrected chi connectivity index (χ3v) is 3.92. The topological polar surface area (TPSA) is 141 Å². The molecule has 2 rings (SSSR count). The van der Waals surface area contributed by atoms with Crippen LogP contribution in [-0.2, 0) is 20.9 Å². The van der Waals surface area contributed by atoms with Crippen molar-refractivity contribution in [2.45, 2.75) is 13.5 Å². The van der Waals surface area contributed by atoms with Gasteiger partial charge in [-0.1, -0.05) is 0 Å². The Morgan fingerprint density at radius 2 is 2.00 bits per heavy atom. The van der Waals surface area contributed by atoms with E-state index in [0.29, 0.717) is 17.9 Å². The lowest BCUT2D eigenvalue weighted by atomic mass is 10.1. The number of nitrogens with one attached hydrogen (secondary N) is 1. The molecule has 0 bridgehead atoms. The van der Waals surface area contributed by atoms with Gasteiger partial charge in [-0.05, 0) is 31.2 Å². The number of esters is 1. The Morgan fingerprint density at radius 1 is 1.23 bits per heavy atom. The molecular formula is C20H19N3O7. The first-order valence-electron chi connectivity index (χ1n) is 8.79. The lowest BCUT2D eigenvalue weighted by molar-refractivity contribution is -0.384. The molecule has 1 N–H and O–H groups in total. The molecule has 0 atom stereocenters. The number of amides is 1. The molecule has 0 aliphatic rings. The monoisotopic (exact) mass is 413 g/mol. The van der Waals surface area contributed by atoms with Crippen LogP contribution >= 0.6 is 0 Å². The molecule has 2 aromatic rings. The van der Waals surface area contributed by atoms with Crippen LogP contribution in [0.4, 0.5) is 11.4 Å². The number of nitro benzene ring substituents is 1. The van der Waals surface area contributed by atoms with Crippen molar-refractivity contribution < 1.29 is 28.7 Å². The summed E-state index contributed by atoms with van der Waals surface area (Å²) in [6.45, 7) is 1.98. The van der Waals surface area contributed by atoms with E-state index in [1.54, 1.807) is 18.2 Å². The number of methoxy groups -OCH3 is 1. The first-order chi connectivity index (χ1) is 14.4. The quantitative estimate of drug-likeness (QED) is 0.376. The van der Waals surface area contributed by atoms with Crippen molar-refractivity contribution in [1.82, 2.24) is 0 Å². The van der Waals surface area contributed by atoms with Gasteiger partial charge in [-0.2, -0.15) is 5.26 Å². The molecule has 0 aliphatic carbocycles. The van der Waals surface area contributed by atoms with Crippen LogP contribution in [0.2, 0.25) is 0 Å². The van der Waals surface area contributed by atoms with E-state index in [0.717, 1.165) is 12.1 Å². The molecule has 156 valence electrons. The van der Waals surface area contributed by atoms with E-state index in [4.69, 9.17) is 19.5 Å². The van der Waals surface area contributed by atoms with Gasteiger partial charge in [0.25, 0.3) is 11.6 Å². The average Bonchev–Trinajstić information content (AvgIpc) is 2.75. The van der Waals surface area contributed by atoms with Crippen molar-refractivity contribution in [2.24, 2.45) is 0 Å². The van der Waals surface area contributed by atoms with Crippen molar-refractivity contribution >= 4 is 23.3 Å². The Hall–Kier alpha value is -3.97. The number of anilines is 1. The van der Waals surface area contributed by atoms with Gasteiger partial charge < -0.3 is 19.5 Å². The van der Waals surface area contributed by atoms with Crippen molar-refractivity contribution in [3.63, 3.8) is 0 Å². The van der Waals surface area contributed by atoms with E-state index in [-0.39, 0.29) is 29.1 Å². The fourth-order valence-electron chi connectivity index (χ4n) is 2.48. The molecule has 0 radical (unpaired) electrons. The molecule has 0 saturated carbocycles. The van der Waals surface area contributed by atoms with Gasteiger partial charge >= 0.3 is 5.97 Å². The summed E-state index contributed by atoms with van der Waals surface area (Å²) in [5.74, 6) is -0.869. The number of nitrogens with zero attached hydrogens (tertiary/aromatic N) is 2. The van der Waals surface area contributed by atoms with Crippen LogP contribution in [0, 0.1) is 21.4 Å². The predicted molar refractivity (Wildman–Crippen MR) is 105 cm³/mol. The lowest BCUT2D eigenvalue weighted by Crippen LogP contribution is -2.21. The second-order valence-corrected chi connectivity index (χ2v) is 5.89. The second kappa shape index (κ2) is 10.5. The maximum atomic E-state index is 12.3. The van der Waals surface area contributed by atoms with Crippen LogP contribution in [-0.4, -0.2) is 37.1 Å². The molecule has 0 aromatic heterocycles. The van der Waals surface area contributed by atoms with Crippen LogP contribution in [0.5, 0.6) is 5.75 Å². The van der Waals surface area contributed by atoms with E-state index in [2.05, 4.69) is 5.32 Å². The molecule has 0 fully saturated rings. The number of rotatable bonds is 9. The third-order valence-electron chi connectivity index (χ3n) is 3.92. The molecule has 0 heterocycles. The third kappa shape index (κ3) is 5.76. The number of non-ortho nitro benzene ring substituents is 1. The molecule has 0 saturated heterocycles. The zero-order chi connectivity index (χ0) is 22.1. The van der Waals surface area contributed by atoms with Gasteiger partial charge in [0.2, 0.25) is 0 Å². The number of hydrogen-bond donors (Lipinski definition) is 1. The zero-order valence-electron chi connectivity index (χ0n) is 16.3. The van der Waals surface area contributed by atoms with E-state index < -0.39 is 23.4 Å². The molecule has 10 nitrogen and oxygen atoms in total. The Kier molecular flexibility index (Phi) is 7.84. The average molecular weight is 413 g/mol. The van der Waals surface area contributed by atoms with Crippen molar-refractivity contribution in [1.29, 1.82) is 5.26 Å². The maximum Gasteiger partial charge on any atom is 0.338 e. The van der Waals surface area contributed by atoms with Gasteiger partial charge in [0.15, 0.2) is 6.61 Å². The summed E-state index contributed by atoms with van der Waals surface area (Å²) in [6.07, 6.45) is 0. The Morgan fingerprint density at radius 3 is 2.63 bits per heavy atom. The van der Waals surface area contributed by atoms with Gasteiger partial charge in [0.1, 0.15) is 11.8 Å². The normalized spacial score (nSPS) is 10.0. The number of carbonyl (C=O) groups is 2. The Bertz CT molecular complexity index is 998. The van der Waals surface area contributed by atoms with Crippen LogP contribution in [0.15, 0.2) is 36.4 Å². The number of benzene rings is 2.